The number of aromatic amines is 1. The number of halogens is 1. The average Bonchev–Trinajstić information content (AvgIpc) is 3.33. The highest BCUT2D eigenvalue weighted by atomic mass is 32.1. The number of aromatic nitrogens is 2. The summed E-state index contributed by atoms with van der Waals surface area (Å²) in [4.78, 5) is 28.0. The molecular formula is C21H23FN4O3S. The van der Waals surface area contributed by atoms with Gasteiger partial charge in [-0.1, -0.05) is 6.58 Å². The maximum Gasteiger partial charge on any atom is 0.271 e. The van der Waals surface area contributed by atoms with Crippen molar-refractivity contribution in [2.45, 2.75) is 25.3 Å². The van der Waals surface area contributed by atoms with Crippen molar-refractivity contribution in [2.24, 2.45) is 5.92 Å². The average molecular weight is 431 g/mol. The van der Waals surface area contributed by atoms with Crippen molar-refractivity contribution in [1.29, 1.82) is 0 Å². The smallest absolute Gasteiger partial charge is 0.271 e. The van der Waals surface area contributed by atoms with Crippen LogP contribution in [0.15, 0.2) is 27.9 Å². The minimum absolute atomic E-state index is 0.0974. The van der Waals surface area contributed by atoms with E-state index in [1.807, 2.05) is 16.5 Å². The lowest BCUT2D eigenvalue weighted by Crippen LogP contribution is -2.25. The first kappa shape index (κ1) is 19.2. The van der Waals surface area contributed by atoms with Gasteiger partial charge in [0.05, 0.1) is 18.0 Å². The highest BCUT2D eigenvalue weighted by Gasteiger charge is 2.34. The van der Waals surface area contributed by atoms with Crippen LogP contribution in [0.4, 0.5) is 10.1 Å². The van der Waals surface area contributed by atoms with Crippen LogP contribution in [0, 0.1) is 11.7 Å². The number of hydrogen-bond acceptors (Lipinski definition) is 6. The summed E-state index contributed by atoms with van der Waals surface area (Å²) in [6.07, 6.45) is 2.75. The van der Waals surface area contributed by atoms with Gasteiger partial charge in [0.25, 0.3) is 5.56 Å². The van der Waals surface area contributed by atoms with Crippen molar-refractivity contribution in [3.05, 3.63) is 44.7 Å². The SMILES string of the molecule is C=C(NC)[C@@H]1CCN(c2c(F)cc3c(=O)c4c(=O)[nH]sc4n(C4CC4)c3c2OC)C1. The van der Waals surface area contributed by atoms with E-state index < -0.39 is 16.8 Å². The zero-order valence-electron chi connectivity index (χ0n) is 16.9. The van der Waals surface area contributed by atoms with Gasteiger partial charge in [0.15, 0.2) is 11.6 Å². The Morgan fingerprint density at radius 3 is 2.80 bits per heavy atom. The number of hydrogen-bond donors (Lipinski definition) is 2. The maximum atomic E-state index is 15.4. The molecule has 1 saturated carbocycles. The Labute approximate surface area is 175 Å². The summed E-state index contributed by atoms with van der Waals surface area (Å²) in [5.74, 6) is 0.0471. The molecular weight excluding hydrogens is 407 g/mol. The Balaban J connectivity index is 1.80. The van der Waals surface area contributed by atoms with Gasteiger partial charge in [0.1, 0.15) is 15.9 Å². The predicted molar refractivity (Wildman–Crippen MR) is 118 cm³/mol. The molecule has 2 N–H and O–H groups in total. The summed E-state index contributed by atoms with van der Waals surface area (Å²) in [6.45, 7) is 5.33. The van der Waals surface area contributed by atoms with E-state index in [0.717, 1.165) is 36.5 Å². The third kappa shape index (κ3) is 2.68. The number of anilines is 1. The van der Waals surface area contributed by atoms with Crippen LogP contribution in [0.1, 0.15) is 25.3 Å². The molecule has 0 bridgehead atoms. The zero-order chi connectivity index (χ0) is 21.2. The quantitative estimate of drug-likeness (QED) is 0.651. The molecule has 7 nitrogen and oxygen atoms in total. The Kier molecular flexibility index (Phi) is 4.39. The molecule has 1 saturated heterocycles. The van der Waals surface area contributed by atoms with Crippen LogP contribution < -0.4 is 25.9 Å². The van der Waals surface area contributed by atoms with Crippen molar-refractivity contribution in [3.8, 4) is 5.75 Å². The molecule has 2 fully saturated rings. The second kappa shape index (κ2) is 6.87. The van der Waals surface area contributed by atoms with Gasteiger partial charge in [-0.2, -0.15) is 0 Å². The molecule has 0 spiro atoms. The van der Waals surface area contributed by atoms with E-state index in [4.69, 9.17) is 4.74 Å². The van der Waals surface area contributed by atoms with Gasteiger partial charge in [0, 0.05) is 37.8 Å². The number of ether oxygens (including phenoxy) is 1. The maximum absolute atomic E-state index is 15.4. The van der Waals surface area contributed by atoms with Crippen molar-refractivity contribution in [2.75, 3.05) is 32.1 Å². The normalized spacial score (nSPS) is 19.0. The second-order valence-electron chi connectivity index (χ2n) is 7.99. The Bertz CT molecular complexity index is 1300. The van der Waals surface area contributed by atoms with E-state index in [1.54, 1.807) is 0 Å². The first-order valence-corrected chi connectivity index (χ1v) is 10.8. The number of benzene rings is 1. The topological polar surface area (TPSA) is 79.4 Å². The van der Waals surface area contributed by atoms with E-state index in [1.165, 1.54) is 13.2 Å². The van der Waals surface area contributed by atoms with Crippen LogP contribution in [0.2, 0.25) is 0 Å². The minimum atomic E-state index is -0.513. The molecule has 2 aliphatic rings. The fourth-order valence-electron chi connectivity index (χ4n) is 4.54. The van der Waals surface area contributed by atoms with Crippen LogP contribution >= 0.6 is 11.5 Å². The number of H-pyrrole nitrogens is 1. The van der Waals surface area contributed by atoms with Gasteiger partial charge >= 0.3 is 0 Å². The highest BCUT2D eigenvalue weighted by Crippen LogP contribution is 2.46. The Morgan fingerprint density at radius 1 is 1.37 bits per heavy atom. The monoisotopic (exact) mass is 430 g/mol. The lowest BCUT2D eigenvalue weighted by molar-refractivity contribution is 0.414. The molecule has 1 atom stereocenters. The first-order valence-electron chi connectivity index (χ1n) is 10.0. The molecule has 1 aliphatic carbocycles. The van der Waals surface area contributed by atoms with Crippen molar-refractivity contribution >= 4 is 38.3 Å². The van der Waals surface area contributed by atoms with E-state index in [9.17, 15) is 9.59 Å². The van der Waals surface area contributed by atoms with Gasteiger partial charge < -0.3 is 19.5 Å². The molecule has 1 aliphatic heterocycles. The standard InChI is InChI=1S/C21H23FN4O3S/c1-10(23-2)11-6-7-25(9-11)17-14(22)8-13-16(19(17)29-3)26(12-4-5-12)21-15(18(13)27)20(28)24-30-21/h8,11-12,23H,1,4-7,9H2,2-3H3,(H,24,28)/t11-/m1/s1. The number of fused-ring (bicyclic) bond motifs is 2. The number of nitrogens with zero attached hydrogens (tertiary/aromatic N) is 2. The number of pyridine rings is 1. The van der Waals surface area contributed by atoms with Crippen LogP contribution in [0.5, 0.6) is 5.75 Å². The van der Waals surface area contributed by atoms with E-state index in [2.05, 4.69) is 16.3 Å². The summed E-state index contributed by atoms with van der Waals surface area (Å²) >= 11 is 1.15. The van der Waals surface area contributed by atoms with Gasteiger partial charge in [-0.05, 0) is 36.9 Å². The fraction of sp³-hybridized carbons (Fsp3) is 0.429. The fourth-order valence-corrected chi connectivity index (χ4v) is 5.46. The molecule has 0 amide bonds. The number of methoxy groups -OCH3 is 1. The summed E-state index contributed by atoms with van der Waals surface area (Å²) in [6, 6.07) is 1.44. The summed E-state index contributed by atoms with van der Waals surface area (Å²) < 4.78 is 25.8. The van der Waals surface area contributed by atoms with Crippen LogP contribution in [0.25, 0.3) is 21.1 Å². The Hall–Kier alpha value is -2.81. The molecule has 30 heavy (non-hydrogen) atoms. The first-order chi connectivity index (χ1) is 14.5. The molecule has 3 heterocycles. The summed E-state index contributed by atoms with van der Waals surface area (Å²) in [5.41, 5.74) is 0.984. The molecule has 0 radical (unpaired) electrons. The molecule has 2 aromatic heterocycles. The predicted octanol–water partition coefficient (Wildman–Crippen LogP) is 2.95. The van der Waals surface area contributed by atoms with Crippen molar-refractivity contribution < 1.29 is 9.13 Å². The van der Waals surface area contributed by atoms with Crippen LogP contribution in [0.3, 0.4) is 0 Å². The lowest BCUT2D eigenvalue weighted by atomic mass is 10.1. The Morgan fingerprint density at radius 2 is 2.13 bits per heavy atom. The lowest BCUT2D eigenvalue weighted by Gasteiger charge is -2.25. The van der Waals surface area contributed by atoms with E-state index >= 15 is 4.39 Å². The van der Waals surface area contributed by atoms with E-state index in [0.29, 0.717) is 34.9 Å². The minimum Gasteiger partial charge on any atom is -0.492 e. The molecule has 3 aromatic rings. The molecule has 9 heteroatoms. The number of nitrogens with one attached hydrogen (secondary N) is 2. The molecule has 0 unspecified atom stereocenters. The van der Waals surface area contributed by atoms with Gasteiger partial charge in [0.2, 0.25) is 5.43 Å². The van der Waals surface area contributed by atoms with Gasteiger partial charge in [-0.15, -0.1) is 0 Å². The van der Waals surface area contributed by atoms with Gasteiger partial charge in [-0.25, -0.2) is 4.39 Å². The summed E-state index contributed by atoms with van der Waals surface area (Å²) in [7, 11) is 3.34. The molecule has 5 rings (SSSR count). The molecule has 158 valence electrons. The third-order valence-electron chi connectivity index (χ3n) is 6.23. The van der Waals surface area contributed by atoms with Gasteiger partial charge in [-0.3, -0.25) is 14.0 Å². The van der Waals surface area contributed by atoms with Crippen molar-refractivity contribution in [3.63, 3.8) is 0 Å². The van der Waals surface area contributed by atoms with Crippen LogP contribution in [-0.4, -0.2) is 36.2 Å². The largest absolute Gasteiger partial charge is 0.492 e. The summed E-state index contributed by atoms with van der Waals surface area (Å²) in [5, 5.41) is 3.37. The van der Waals surface area contributed by atoms with E-state index in [-0.39, 0.29) is 22.7 Å². The zero-order valence-corrected chi connectivity index (χ0v) is 17.7. The number of rotatable bonds is 5. The van der Waals surface area contributed by atoms with Crippen LogP contribution in [-0.2, 0) is 0 Å². The van der Waals surface area contributed by atoms with Crippen molar-refractivity contribution in [1.82, 2.24) is 14.3 Å². The molecule has 1 aromatic carbocycles. The third-order valence-corrected chi connectivity index (χ3v) is 7.11. The highest BCUT2D eigenvalue weighted by molar-refractivity contribution is 7.12. The second-order valence-corrected chi connectivity index (χ2v) is 8.78.